The lowest BCUT2D eigenvalue weighted by Crippen LogP contribution is -2.18. The number of carboxylic acids is 1. The molecule has 0 bridgehead atoms. The first-order valence-corrected chi connectivity index (χ1v) is 10.7. The van der Waals surface area contributed by atoms with E-state index in [1.807, 2.05) is 38.1 Å². The van der Waals surface area contributed by atoms with E-state index in [1.165, 1.54) is 12.1 Å². The Bertz CT molecular complexity index is 1160. The molecule has 34 heavy (non-hydrogen) atoms. The molecule has 6 nitrogen and oxygen atoms in total. The normalized spacial score (nSPS) is 10.3. The predicted octanol–water partition coefficient (Wildman–Crippen LogP) is 5.82. The second-order valence-corrected chi connectivity index (χ2v) is 8.38. The lowest BCUT2D eigenvalue weighted by molar-refractivity contribution is 0.0697. The summed E-state index contributed by atoms with van der Waals surface area (Å²) in [6.45, 7) is 8.44. The number of nitrogens with two attached hydrogens (primary N) is 1. The van der Waals surface area contributed by atoms with Crippen molar-refractivity contribution >= 4 is 42.4 Å². The van der Waals surface area contributed by atoms with Crippen molar-refractivity contribution in [3.05, 3.63) is 82.2 Å². The summed E-state index contributed by atoms with van der Waals surface area (Å²) in [5.74, 6) is -1.08. The van der Waals surface area contributed by atoms with Gasteiger partial charge in [0.05, 0.1) is 16.9 Å². The van der Waals surface area contributed by atoms with Gasteiger partial charge in [0, 0.05) is 23.4 Å². The monoisotopic (exact) mass is 503 g/mol. The number of nitrogens with zero attached hydrogens (tertiary/aromatic N) is 1. The molecule has 8 heteroatoms. The maximum Gasteiger partial charge on any atom is 0.335 e. The molecule has 2 aromatic carbocycles. The van der Waals surface area contributed by atoms with Gasteiger partial charge in [-0.25, -0.2) is 4.79 Å². The molecule has 1 aromatic heterocycles. The van der Waals surface area contributed by atoms with Gasteiger partial charge in [0.15, 0.2) is 0 Å². The van der Waals surface area contributed by atoms with Crippen molar-refractivity contribution < 1.29 is 14.7 Å². The zero-order valence-corrected chi connectivity index (χ0v) is 21.3. The van der Waals surface area contributed by atoms with Crippen LogP contribution in [0, 0.1) is 19.8 Å². The second kappa shape index (κ2) is 12.5. The highest BCUT2D eigenvalue weighted by molar-refractivity contribution is 6.08. The molecule has 1 heterocycles. The molecule has 0 spiro atoms. The Hall–Kier alpha value is -2.93. The second-order valence-electron chi connectivity index (χ2n) is 8.38. The Morgan fingerprint density at radius 2 is 1.65 bits per heavy atom. The van der Waals surface area contributed by atoms with Gasteiger partial charge in [-0.15, -0.1) is 24.8 Å². The van der Waals surface area contributed by atoms with E-state index in [-0.39, 0.29) is 42.5 Å². The van der Waals surface area contributed by atoms with Gasteiger partial charge < -0.3 is 16.2 Å². The third kappa shape index (κ3) is 6.56. The average molecular weight is 504 g/mol. The van der Waals surface area contributed by atoms with Crippen LogP contribution in [0.2, 0.25) is 0 Å². The molecule has 1 amide bonds. The number of rotatable bonds is 7. The van der Waals surface area contributed by atoms with Crippen molar-refractivity contribution in [2.75, 3.05) is 5.32 Å². The van der Waals surface area contributed by atoms with Crippen LogP contribution in [0.5, 0.6) is 0 Å². The maximum atomic E-state index is 13.1. The fourth-order valence-corrected chi connectivity index (χ4v) is 3.75. The molecule has 0 saturated carbocycles. The minimum atomic E-state index is -1.08. The van der Waals surface area contributed by atoms with Crippen LogP contribution in [0.3, 0.4) is 0 Å². The molecule has 3 rings (SSSR count). The van der Waals surface area contributed by atoms with Crippen LogP contribution in [-0.2, 0) is 13.0 Å². The van der Waals surface area contributed by atoms with E-state index in [4.69, 9.17) is 10.7 Å². The van der Waals surface area contributed by atoms with Gasteiger partial charge >= 0.3 is 5.97 Å². The van der Waals surface area contributed by atoms with Gasteiger partial charge in [-0.05, 0) is 55.5 Å². The number of hydrogen-bond acceptors (Lipinski definition) is 4. The smallest absolute Gasteiger partial charge is 0.335 e. The van der Waals surface area contributed by atoms with E-state index in [1.54, 1.807) is 12.1 Å². The molecule has 0 radical (unpaired) electrons. The average Bonchev–Trinajstić information content (AvgIpc) is 2.75. The van der Waals surface area contributed by atoms with E-state index >= 15 is 0 Å². The first-order valence-electron chi connectivity index (χ1n) is 10.7. The highest BCUT2D eigenvalue weighted by atomic mass is 35.5. The van der Waals surface area contributed by atoms with Gasteiger partial charge in [-0.1, -0.05) is 49.7 Å². The van der Waals surface area contributed by atoms with Crippen LogP contribution in [0.4, 0.5) is 5.69 Å². The fraction of sp³-hybridized carbons (Fsp3) is 0.269. The molecule has 3 aromatic rings. The quantitative estimate of drug-likeness (QED) is 0.376. The topological polar surface area (TPSA) is 105 Å². The number of benzene rings is 2. The highest BCUT2D eigenvalue weighted by Gasteiger charge is 2.21. The van der Waals surface area contributed by atoms with Crippen molar-refractivity contribution in [2.24, 2.45) is 11.7 Å². The van der Waals surface area contributed by atoms with Crippen molar-refractivity contribution in [2.45, 2.75) is 40.7 Å². The number of aromatic carboxylic acids is 1. The molecule has 0 aliphatic heterocycles. The summed E-state index contributed by atoms with van der Waals surface area (Å²) in [6, 6.07) is 14.0. The molecule has 0 aliphatic carbocycles. The van der Waals surface area contributed by atoms with Crippen LogP contribution in [-0.4, -0.2) is 22.0 Å². The van der Waals surface area contributed by atoms with E-state index in [0.29, 0.717) is 17.3 Å². The number of pyridine rings is 1. The standard InChI is InChI=1S/C26H29N3O3.2ClH/c1-15(2)12-22-21(14-27)23(18-10-8-16(3)9-11-18)24(17(4)28-22)29-25(30)19-6-5-7-20(13-19)26(31)32;;/h5-11,13,15H,12,14,27H2,1-4H3,(H,29,30)(H,31,32);2*1H. The number of hydrogen-bond donors (Lipinski definition) is 3. The van der Waals surface area contributed by atoms with Gasteiger partial charge in [0.25, 0.3) is 5.91 Å². The van der Waals surface area contributed by atoms with E-state index in [0.717, 1.165) is 34.4 Å². The molecule has 0 atom stereocenters. The van der Waals surface area contributed by atoms with Crippen molar-refractivity contribution in [3.63, 3.8) is 0 Å². The summed E-state index contributed by atoms with van der Waals surface area (Å²) in [7, 11) is 0. The zero-order valence-electron chi connectivity index (χ0n) is 19.7. The first kappa shape index (κ1) is 29.1. The Morgan fingerprint density at radius 3 is 2.21 bits per heavy atom. The minimum absolute atomic E-state index is 0. The van der Waals surface area contributed by atoms with Crippen LogP contribution in [0.25, 0.3) is 11.1 Å². The third-order valence-electron chi connectivity index (χ3n) is 5.32. The number of halogens is 2. The number of aryl methyl sites for hydroxylation is 2. The van der Waals surface area contributed by atoms with Gasteiger partial charge in [-0.3, -0.25) is 9.78 Å². The van der Waals surface area contributed by atoms with E-state index in [9.17, 15) is 14.7 Å². The summed E-state index contributed by atoms with van der Waals surface area (Å²) >= 11 is 0. The molecular weight excluding hydrogens is 473 g/mol. The Labute approximate surface area is 212 Å². The number of amides is 1. The van der Waals surface area contributed by atoms with Crippen LogP contribution in [0.1, 0.15) is 57.1 Å². The lowest BCUT2D eigenvalue weighted by atomic mass is 9.92. The largest absolute Gasteiger partial charge is 0.478 e. The number of carboxylic acid groups (broad SMARTS) is 1. The number of aromatic nitrogens is 1. The van der Waals surface area contributed by atoms with Gasteiger partial charge in [-0.2, -0.15) is 0 Å². The van der Waals surface area contributed by atoms with Crippen molar-refractivity contribution in [1.82, 2.24) is 4.98 Å². The zero-order chi connectivity index (χ0) is 23.4. The summed E-state index contributed by atoms with van der Waals surface area (Å²) < 4.78 is 0. The SMILES string of the molecule is Cc1ccc(-c2c(CN)c(CC(C)C)nc(C)c2NC(=O)c2cccc(C(=O)O)c2)cc1.Cl.Cl. The van der Waals surface area contributed by atoms with Crippen LogP contribution in [0.15, 0.2) is 48.5 Å². The summed E-state index contributed by atoms with van der Waals surface area (Å²) in [6.07, 6.45) is 0.779. The minimum Gasteiger partial charge on any atom is -0.478 e. The number of carbonyl (C=O) groups is 2. The Morgan fingerprint density at radius 1 is 1.03 bits per heavy atom. The fourth-order valence-electron chi connectivity index (χ4n) is 3.75. The van der Waals surface area contributed by atoms with Gasteiger partial charge in [0.1, 0.15) is 0 Å². The molecule has 182 valence electrons. The molecule has 0 fully saturated rings. The molecule has 0 saturated heterocycles. The van der Waals surface area contributed by atoms with E-state index in [2.05, 4.69) is 19.2 Å². The lowest BCUT2D eigenvalue weighted by Gasteiger charge is -2.21. The summed E-state index contributed by atoms with van der Waals surface area (Å²) in [5.41, 5.74) is 12.6. The predicted molar refractivity (Wildman–Crippen MR) is 141 cm³/mol. The molecule has 4 N–H and O–H groups in total. The highest BCUT2D eigenvalue weighted by Crippen LogP contribution is 2.36. The summed E-state index contributed by atoms with van der Waals surface area (Å²) in [5, 5.41) is 12.2. The van der Waals surface area contributed by atoms with Crippen LogP contribution >= 0.6 is 24.8 Å². The summed E-state index contributed by atoms with van der Waals surface area (Å²) in [4.78, 5) is 29.2. The number of nitrogens with one attached hydrogen (secondary N) is 1. The first-order chi connectivity index (χ1) is 15.2. The Balaban J connectivity index is 0.00000289. The Kier molecular flexibility index (Phi) is 10.7. The van der Waals surface area contributed by atoms with Gasteiger partial charge in [0.2, 0.25) is 0 Å². The third-order valence-corrected chi connectivity index (χ3v) is 5.32. The number of anilines is 1. The molecule has 0 aliphatic rings. The van der Waals surface area contributed by atoms with E-state index < -0.39 is 11.9 Å². The molecule has 0 unspecified atom stereocenters. The maximum absolute atomic E-state index is 13.1. The molecular formula is C26H31Cl2N3O3. The van der Waals surface area contributed by atoms with Crippen molar-refractivity contribution in [3.8, 4) is 11.1 Å². The van der Waals surface area contributed by atoms with Crippen LogP contribution < -0.4 is 11.1 Å². The van der Waals surface area contributed by atoms with Crippen molar-refractivity contribution in [1.29, 1.82) is 0 Å². The number of carbonyl (C=O) groups excluding carboxylic acids is 1.